The highest BCUT2D eigenvalue weighted by atomic mass is 15.3. The van der Waals surface area contributed by atoms with Crippen molar-refractivity contribution in [3.05, 3.63) is 30.7 Å². The highest BCUT2D eigenvalue weighted by molar-refractivity contribution is 5.66. The van der Waals surface area contributed by atoms with E-state index in [1.165, 1.54) is 0 Å². The smallest absolute Gasteiger partial charge is 0.242 e. The van der Waals surface area contributed by atoms with Crippen LogP contribution in [0.3, 0.4) is 0 Å². The maximum absolute atomic E-state index is 4.31. The van der Waals surface area contributed by atoms with Crippen molar-refractivity contribution in [2.24, 2.45) is 0 Å². The zero-order valence-corrected chi connectivity index (χ0v) is 8.68. The van der Waals surface area contributed by atoms with Crippen molar-refractivity contribution in [1.29, 1.82) is 0 Å². The van der Waals surface area contributed by atoms with E-state index < -0.39 is 0 Å². The van der Waals surface area contributed by atoms with Crippen molar-refractivity contribution in [1.82, 2.24) is 24.8 Å². The van der Waals surface area contributed by atoms with Crippen LogP contribution in [0.25, 0.3) is 16.8 Å². The zero-order chi connectivity index (χ0) is 11.0. The number of fused-ring (bicyclic) bond motifs is 1. The van der Waals surface area contributed by atoms with Crippen LogP contribution in [0.4, 0.5) is 5.95 Å². The largest absolute Gasteiger partial charge is 0.356 e. The number of nitrogens with zero attached hydrogens (tertiary/aromatic N) is 4. The number of anilines is 1. The Balaban J connectivity index is 2.15. The summed E-state index contributed by atoms with van der Waals surface area (Å²) in [6.45, 7) is 0. The van der Waals surface area contributed by atoms with Crippen LogP contribution in [0.15, 0.2) is 30.7 Å². The van der Waals surface area contributed by atoms with Crippen LogP contribution in [0.5, 0.6) is 0 Å². The molecule has 0 aliphatic rings. The molecule has 0 amide bonds. The second kappa shape index (κ2) is 3.34. The van der Waals surface area contributed by atoms with E-state index in [1.807, 2.05) is 24.5 Å². The summed E-state index contributed by atoms with van der Waals surface area (Å²) in [5, 5.41) is 13.8. The lowest BCUT2D eigenvalue weighted by molar-refractivity contribution is 0.963. The molecule has 16 heavy (non-hydrogen) atoms. The lowest BCUT2D eigenvalue weighted by Crippen LogP contribution is -1.90. The molecule has 0 unspecified atom stereocenters. The zero-order valence-electron chi connectivity index (χ0n) is 8.68. The summed E-state index contributed by atoms with van der Waals surface area (Å²) in [6.07, 6.45) is 5.51. The molecule has 3 aromatic heterocycles. The van der Waals surface area contributed by atoms with Gasteiger partial charge in [-0.3, -0.25) is 5.10 Å². The van der Waals surface area contributed by atoms with Crippen LogP contribution in [0.1, 0.15) is 0 Å². The first kappa shape index (κ1) is 8.90. The molecule has 3 rings (SSSR count). The molecule has 0 atom stereocenters. The van der Waals surface area contributed by atoms with Gasteiger partial charge in [0.05, 0.1) is 6.20 Å². The molecule has 6 nitrogen and oxygen atoms in total. The Morgan fingerprint density at radius 1 is 1.38 bits per heavy atom. The predicted molar refractivity (Wildman–Crippen MR) is 60.1 cm³/mol. The number of nitrogens with one attached hydrogen (secondary N) is 2. The monoisotopic (exact) mass is 214 g/mol. The van der Waals surface area contributed by atoms with Gasteiger partial charge in [0.2, 0.25) is 5.95 Å². The molecular weight excluding hydrogens is 204 g/mol. The minimum Gasteiger partial charge on any atom is -0.356 e. The van der Waals surface area contributed by atoms with Crippen molar-refractivity contribution in [2.45, 2.75) is 0 Å². The molecule has 3 aromatic rings. The first-order valence-electron chi connectivity index (χ1n) is 4.90. The Kier molecular flexibility index (Phi) is 1.86. The van der Waals surface area contributed by atoms with Crippen molar-refractivity contribution in [3.8, 4) is 11.1 Å². The van der Waals surface area contributed by atoms with E-state index in [2.05, 4.69) is 25.6 Å². The van der Waals surface area contributed by atoms with Gasteiger partial charge in [0, 0.05) is 25.0 Å². The molecule has 0 aromatic carbocycles. The number of aromatic amines is 1. The highest BCUT2D eigenvalue weighted by Gasteiger charge is 2.04. The fraction of sp³-hybridized carbons (Fsp3) is 0.100. The van der Waals surface area contributed by atoms with E-state index in [0.29, 0.717) is 5.95 Å². The average Bonchev–Trinajstić information content (AvgIpc) is 2.96. The molecule has 0 spiro atoms. The van der Waals surface area contributed by atoms with Crippen molar-refractivity contribution in [3.63, 3.8) is 0 Å². The van der Waals surface area contributed by atoms with E-state index in [1.54, 1.807) is 17.8 Å². The summed E-state index contributed by atoms with van der Waals surface area (Å²) in [4.78, 5) is 4.31. The molecule has 0 saturated heterocycles. The number of rotatable bonds is 2. The van der Waals surface area contributed by atoms with Gasteiger partial charge in [-0.1, -0.05) is 0 Å². The topological polar surface area (TPSA) is 70.9 Å². The molecule has 0 aliphatic carbocycles. The fourth-order valence-corrected chi connectivity index (χ4v) is 1.58. The molecule has 6 heteroatoms. The van der Waals surface area contributed by atoms with Crippen molar-refractivity contribution in [2.75, 3.05) is 12.4 Å². The van der Waals surface area contributed by atoms with Gasteiger partial charge in [0.1, 0.15) is 0 Å². The highest BCUT2D eigenvalue weighted by Crippen LogP contribution is 2.18. The second-order valence-corrected chi connectivity index (χ2v) is 3.39. The van der Waals surface area contributed by atoms with Crippen LogP contribution in [0.2, 0.25) is 0 Å². The number of aromatic nitrogens is 5. The summed E-state index contributed by atoms with van der Waals surface area (Å²) in [5.74, 6) is 0.615. The van der Waals surface area contributed by atoms with Crippen molar-refractivity contribution >= 4 is 11.6 Å². The Morgan fingerprint density at radius 3 is 3.06 bits per heavy atom. The van der Waals surface area contributed by atoms with Gasteiger partial charge in [-0.05, 0) is 17.7 Å². The summed E-state index contributed by atoms with van der Waals surface area (Å²) < 4.78 is 1.73. The predicted octanol–water partition coefficient (Wildman–Crippen LogP) is 1.16. The first-order chi connectivity index (χ1) is 7.86. The molecule has 3 heterocycles. The van der Waals surface area contributed by atoms with Gasteiger partial charge >= 0.3 is 0 Å². The minimum absolute atomic E-state index is 0.615. The van der Waals surface area contributed by atoms with Gasteiger partial charge in [-0.15, -0.1) is 5.10 Å². The minimum atomic E-state index is 0.615. The second-order valence-electron chi connectivity index (χ2n) is 3.39. The quantitative estimate of drug-likeness (QED) is 0.671. The average molecular weight is 214 g/mol. The normalized spacial score (nSPS) is 10.8. The van der Waals surface area contributed by atoms with Crippen LogP contribution in [0, 0.1) is 0 Å². The SMILES string of the molecule is CNc1nc2cc(-c3cn[nH]c3)ccn2n1. The maximum atomic E-state index is 4.31. The maximum Gasteiger partial charge on any atom is 0.242 e. The van der Waals surface area contributed by atoms with E-state index in [0.717, 1.165) is 16.8 Å². The van der Waals surface area contributed by atoms with E-state index in [-0.39, 0.29) is 0 Å². The Morgan fingerprint density at radius 2 is 2.31 bits per heavy atom. The third-order valence-electron chi connectivity index (χ3n) is 2.39. The molecular formula is C10H10N6. The van der Waals surface area contributed by atoms with E-state index in [9.17, 15) is 0 Å². The van der Waals surface area contributed by atoms with Gasteiger partial charge < -0.3 is 5.32 Å². The third-order valence-corrected chi connectivity index (χ3v) is 2.39. The number of hydrogen-bond acceptors (Lipinski definition) is 4. The van der Waals surface area contributed by atoms with Gasteiger partial charge in [0.25, 0.3) is 0 Å². The van der Waals surface area contributed by atoms with Crippen molar-refractivity contribution < 1.29 is 0 Å². The Bertz CT molecular complexity index is 609. The number of H-pyrrole nitrogens is 1. The van der Waals surface area contributed by atoms with Crippen LogP contribution in [-0.4, -0.2) is 31.8 Å². The van der Waals surface area contributed by atoms with Crippen LogP contribution >= 0.6 is 0 Å². The molecule has 0 saturated carbocycles. The van der Waals surface area contributed by atoms with Gasteiger partial charge in [-0.2, -0.15) is 10.1 Å². The summed E-state index contributed by atoms with van der Waals surface area (Å²) in [5.41, 5.74) is 2.91. The summed E-state index contributed by atoms with van der Waals surface area (Å²) in [6, 6.07) is 3.95. The molecule has 2 N–H and O–H groups in total. The Hall–Kier alpha value is -2.37. The van der Waals surface area contributed by atoms with E-state index >= 15 is 0 Å². The number of pyridine rings is 1. The summed E-state index contributed by atoms with van der Waals surface area (Å²) >= 11 is 0. The molecule has 0 radical (unpaired) electrons. The molecule has 0 fully saturated rings. The number of hydrogen-bond donors (Lipinski definition) is 2. The molecule has 80 valence electrons. The van der Waals surface area contributed by atoms with Crippen LogP contribution in [-0.2, 0) is 0 Å². The standard InChI is InChI=1S/C10H10N6/c1-11-10-14-9-4-7(2-3-16(9)15-10)8-5-12-13-6-8/h2-6H,1H3,(H,11,15)(H,12,13). The van der Waals surface area contributed by atoms with E-state index in [4.69, 9.17) is 0 Å². The first-order valence-corrected chi connectivity index (χ1v) is 4.90. The fourth-order valence-electron chi connectivity index (χ4n) is 1.58. The lowest BCUT2D eigenvalue weighted by atomic mass is 10.1. The van der Waals surface area contributed by atoms with Crippen LogP contribution < -0.4 is 5.32 Å². The molecule has 0 aliphatic heterocycles. The summed E-state index contributed by atoms with van der Waals surface area (Å²) in [7, 11) is 1.80. The molecule has 0 bridgehead atoms. The lowest BCUT2D eigenvalue weighted by Gasteiger charge is -1.96. The Labute approximate surface area is 91.3 Å². The third kappa shape index (κ3) is 1.31. The van der Waals surface area contributed by atoms with Gasteiger partial charge in [0.15, 0.2) is 5.65 Å². The van der Waals surface area contributed by atoms with Gasteiger partial charge in [-0.25, -0.2) is 4.52 Å².